The van der Waals surface area contributed by atoms with E-state index in [-0.39, 0.29) is 59.0 Å². The first-order valence-corrected chi connectivity index (χ1v) is 11.7. The molecule has 0 aromatic heterocycles. The van der Waals surface area contributed by atoms with E-state index in [1.54, 1.807) is 30.3 Å². The van der Waals surface area contributed by atoms with Crippen molar-refractivity contribution in [2.24, 2.45) is 0 Å². The highest BCUT2D eigenvalue weighted by atomic mass is 16.7. The van der Waals surface area contributed by atoms with Crippen molar-refractivity contribution in [3.05, 3.63) is 64.2 Å². The highest BCUT2D eigenvalue weighted by molar-refractivity contribution is 6.15. The van der Waals surface area contributed by atoms with Crippen LogP contribution in [0.1, 0.15) is 31.8 Å². The normalized spacial score (nSPS) is 13.1. The van der Waals surface area contributed by atoms with Crippen LogP contribution in [0.4, 0.5) is 0 Å². The number of hydrogen-bond acceptors (Lipinski definition) is 10. The number of rotatable bonds is 7. The number of hydrogen-bond donors (Lipinski definition) is 0. The predicted octanol–water partition coefficient (Wildman–Crippen LogP) is 4.71. The summed E-state index contributed by atoms with van der Waals surface area (Å²) < 4.78 is 39.0. The lowest BCUT2D eigenvalue weighted by molar-refractivity contribution is 0.0600. The number of nitrogens with zero attached hydrogens (tertiary/aromatic N) is 1. The van der Waals surface area contributed by atoms with E-state index in [2.05, 4.69) is 0 Å². The Kier molecular flexibility index (Phi) is 6.73. The number of Topliss-reactive ketones (excluding diaryl/α,β-unsaturated/α-hetero) is 1. The minimum Gasteiger partial charge on any atom is -0.493 e. The van der Waals surface area contributed by atoms with Gasteiger partial charge in [0.2, 0.25) is 30.9 Å². The Labute approximate surface area is 223 Å². The van der Waals surface area contributed by atoms with Crippen molar-refractivity contribution in [2.75, 3.05) is 34.9 Å². The first-order chi connectivity index (χ1) is 18.9. The summed E-state index contributed by atoms with van der Waals surface area (Å²) in [7, 11) is 4.13. The zero-order chi connectivity index (χ0) is 27.7. The number of ketones is 1. The molecular weight excluding hydrogens is 506 g/mol. The number of methoxy groups -OCH3 is 3. The lowest BCUT2D eigenvalue weighted by Crippen LogP contribution is -2.07. The molecule has 10 nitrogen and oxygen atoms in total. The summed E-state index contributed by atoms with van der Waals surface area (Å²) in [5.41, 5.74) is 2.16. The minimum absolute atomic E-state index is 0.0829. The Morgan fingerprint density at radius 3 is 1.97 bits per heavy atom. The number of aryl methyl sites for hydroxylation is 1. The van der Waals surface area contributed by atoms with Crippen LogP contribution in [0.2, 0.25) is 0 Å². The molecular formula is C29H23NO9. The van der Waals surface area contributed by atoms with Crippen LogP contribution in [-0.4, -0.2) is 46.7 Å². The predicted molar refractivity (Wildman–Crippen MR) is 138 cm³/mol. The Bertz CT molecular complexity index is 1570. The standard InChI is InChI=1S/C29H23NO9/c1-15-5-7-16(8-6-15)24(31)18(12-30)9-17-10-20(33-2)25-27(38-13-36-25)22(17)23-19(29(32)35-4)11-21(34-3)26-28(23)39-14-37-26/h5-11H,13-14H2,1-4H3/b18-9+. The quantitative estimate of drug-likeness (QED) is 0.184. The molecule has 2 aliphatic rings. The number of fused-ring (bicyclic) bond motifs is 2. The largest absolute Gasteiger partial charge is 0.493 e. The van der Waals surface area contributed by atoms with Gasteiger partial charge in [-0.2, -0.15) is 5.26 Å². The van der Waals surface area contributed by atoms with Gasteiger partial charge in [0.15, 0.2) is 23.0 Å². The summed E-state index contributed by atoms with van der Waals surface area (Å²) in [5, 5.41) is 10.00. The van der Waals surface area contributed by atoms with Crippen LogP contribution in [0.5, 0.6) is 34.5 Å². The zero-order valence-corrected chi connectivity index (χ0v) is 21.6. The Balaban J connectivity index is 1.82. The molecule has 0 amide bonds. The van der Waals surface area contributed by atoms with E-state index < -0.39 is 11.8 Å². The van der Waals surface area contributed by atoms with Gasteiger partial charge in [0.1, 0.15) is 11.6 Å². The van der Waals surface area contributed by atoms with E-state index in [1.807, 2.05) is 13.0 Å². The van der Waals surface area contributed by atoms with Gasteiger partial charge in [0, 0.05) is 16.7 Å². The SMILES string of the molecule is COC(=O)c1cc(OC)c2c(c1-c1c(/C=C(\C#N)C(=O)c3ccc(C)cc3)cc(OC)c3c1OCO3)OCO2. The lowest BCUT2D eigenvalue weighted by Gasteiger charge is -2.18. The van der Waals surface area contributed by atoms with E-state index in [1.165, 1.54) is 33.5 Å². The molecule has 0 spiro atoms. The number of carbonyl (C=O) groups is 2. The number of ether oxygens (including phenoxy) is 7. The van der Waals surface area contributed by atoms with Crippen molar-refractivity contribution in [3.8, 4) is 51.7 Å². The van der Waals surface area contributed by atoms with E-state index in [9.17, 15) is 14.9 Å². The third kappa shape index (κ3) is 4.34. The molecule has 3 aromatic carbocycles. The molecule has 0 saturated carbocycles. The first-order valence-electron chi connectivity index (χ1n) is 11.7. The Morgan fingerprint density at radius 2 is 1.41 bits per heavy atom. The second-order valence-electron chi connectivity index (χ2n) is 8.53. The number of benzene rings is 3. The molecule has 0 aliphatic carbocycles. The molecule has 198 valence electrons. The van der Waals surface area contributed by atoms with Gasteiger partial charge in [0.05, 0.1) is 26.9 Å². The average molecular weight is 530 g/mol. The van der Waals surface area contributed by atoms with Crippen molar-refractivity contribution in [3.63, 3.8) is 0 Å². The van der Waals surface area contributed by atoms with Crippen molar-refractivity contribution in [2.45, 2.75) is 6.92 Å². The summed E-state index contributed by atoms with van der Waals surface area (Å²) in [6.07, 6.45) is 1.41. The molecule has 2 aliphatic heterocycles. The van der Waals surface area contributed by atoms with E-state index in [0.29, 0.717) is 22.4 Å². The maximum absolute atomic E-state index is 13.3. The molecule has 2 heterocycles. The van der Waals surface area contributed by atoms with E-state index in [0.717, 1.165) is 5.56 Å². The number of carbonyl (C=O) groups excluding carboxylic acids is 2. The van der Waals surface area contributed by atoms with Crippen molar-refractivity contribution < 1.29 is 42.7 Å². The van der Waals surface area contributed by atoms with Gasteiger partial charge < -0.3 is 33.2 Å². The fraction of sp³-hybridized carbons (Fsp3) is 0.207. The second kappa shape index (κ2) is 10.3. The van der Waals surface area contributed by atoms with Crippen molar-refractivity contribution >= 4 is 17.8 Å². The number of esters is 1. The van der Waals surface area contributed by atoms with Crippen LogP contribution in [0.15, 0.2) is 42.0 Å². The van der Waals surface area contributed by atoms with Crippen LogP contribution in [0.25, 0.3) is 17.2 Å². The molecule has 5 rings (SSSR count). The molecule has 39 heavy (non-hydrogen) atoms. The number of nitriles is 1. The Morgan fingerprint density at radius 1 is 0.846 bits per heavy atom. The second-order valence-corrected chi connectivity index (χ2v) is 8.53. The smallest absolute Gasteiger partial charge is 0.338 e. The van der Waals surface area contributed by atoms with Gasteiger partial charge in [-0.1, -0.05) is 29.8 Å². The summed E-state index contributed by atoms with van der Waals surface area (Å²) in [6.45, 7) is 1.65. The third-order valence-corrected chi connectivity index (χ3v) is 6.32. The van der Waals surface area contributed by atoms with Crippen LogP contribution < -0.4 is 28.4 Å². The van der Waals surface area contributed by atoms with Gasteiger partial charge in [-0.25, -0.2) is 4.79 Å². The summed E-state index contributed by atoms with van der Waals surface area (Å²) >= 11 is 0. The van der Waals surface area contributed by atoms with Crippen molar-refractivity contribution in [1.82, 2.24) is 0 Å². The molecule has 0 atom stereocenters. The van der Waals surface area contributed by atoms with Gasteiger partial charge in [0.25, 0.3) is 0 Å². The lowest BCUT2D eigenvalue weighted by atomic mass is 9.90. The molecule has 0 radical (unpaired) electrons. The highest BCUT2D eigenvalue weighted by Gasteiger charge is 2.36. The monoisotopic (exact) mass is 529 g/mol. The molecule has 0 bridgehead atoms. The third-order valence-electron chi connectivity index (χ3n) is 6.32. The topological polar surface area (TPSA) is 123 Å². The summed E-state index contributed by atoms with van der Waals surface area (Å²) in [5.74, 6) is 0.397. The average Bonchev–Trinajstić information content (AvgIpc) is 3.65. The van der Waals surface area contributed by atoms with Crippen LogP contribution >= 0.6 is 0 Å². The van der Waals surface area contributed by atoms with Crippen LogP contribution in [0, 0.1) is 18.3 Å². The van der Waals surface area contributed by atoms with Crippen LogP contribution in [-0.2, 0) is 4.74 Å². The fourth-order valence-corrected chi connectivity index (χ4v) is 4.45. The highest BCUT2D eigenvalue weighted by Crippen LogP contribution is 2.57. The van der Waals surface area contributed by atoms with Gasteiger partial charge in [-0.15, -0.1) is 0 Å². The number of allylic oxidation sites excluding steroid dienone is 1. The zero-order valence-electron chi connectivity index (χ0n) is 21.6. The molecule has 0 unspecified atom stereocenters. The molecule has 3 aromatic rings. The van der Waals surface area contributed by atoms with Crippen molar-refractivity contribution in [1.29, 1.82) is 5.26 Å². The van der Waals surface area contributed by atoms with Gasteiger partial charge >= 0.3 is 5.97 Å². The molecule has 0 saturated heterocycles. The maximum Gasteiger partial charge on any atom is 0.338 e. The Hall–Kier alpha value is -5.17. The fourth-order valence-electron chi connectivity index (χ4n) is 4.45. The summed E-state index contributed by atoms with van der Waals surface area (Å²) in [6, 6.07) is 11.9. The maximum atomic E-state index is 13.3. The first kappa shape index (κ1) is 25.5. The molecule has 10 heteroatoms. The van der Waals surface area contributed by atoms with E-state index in [4.69, 9.17) is 33.2 Å². The minimum atomic E-state index is -0.684. The van der Waals surface area contributed by atoms with Gasteiger partial charge in [-0.05, 0) is 30.7 Å². The van der Waals surface area contributed by atoms with E-state index >= 15 is 0 Å². The van der Waals surface area contributed by atoms with Gasteiger partial charge in [-0.3, -0.25) is 4.79 Å². The molecule has 0 N–H and O–H groups in total. The van der Waals surface area contributed by atoms with Crippen LogP contribution in [0.3, 0.4) is 0 Å². The summed E-state index contributed by atoms with van der Waals surface area (Å²) in [4.78, 5) is 26.3. The molecule has 0 fully saturated rings.